The third-order valence-corrected chi connectivity index (χ3v) is 5.26. The van der Waals surface area contributed by atoms with Crippen LogP contribution in [-0.2, 0) is 10.2 Å². The number of fused-ring (bicyclic) bond motifs is 3. The minimum absolute atomic E-state index is 0.296. The number of hydrogen-bond acceptors (Lipinski definition) is 7. The molecule has 0 unspecified atom stereocenters. The second kappa shape index (κ2) is 5.97. The molecule has 9 heteroatoms. The van der Waals surface area contributed by atoms with Crippen LogP contribution in [0.15, 0.2) is 49.6 Å². The van der Waals surface area contributed by atoms with Gasteiger partial charge in [0.05, 0.1) is 17.0 Å². The SMILES string of the molecule is CC1(C)C(=O)Oc2ccc3cc(C#N)c(C(n4cncn4)n4cncn4)cc3c21. The second-order valence-corrected chi connectivity index (χ2v) is 7.35. The highest BCUT2D eigenvalue weighted by atomic mass is 16.5. The third-order valence-electron chi connectivity index (χ3n) is 5.26. The summed E-state index contributed by atoms with van der Waals surface area (Å²) < 4.78 is 8.68. The van der Waals surface area contributed by atoms with E-state index >= 15 is 0 Å². The Bertz CT molecular complexity index is 1250. The van der Waals surface area contributed by atoms with Crippen LogP contribution in [0.1, 0.15) is 36.7 Å². The third kappa shape index (κ3) is 2.42. The van der Waals surface area contributed by atoms with Crippen LogP contribution in [0.5, 0.6) is 5.75 Å². The number of nitrogens with zero attached hydrogens (tertiary/aromatic N) is 7. The lowest BCUT2D eigenvalue weighted by Gasteiger charge is -2.21. The van der Waals surface area contributed by atoms with Crippen LogP contribution in [0.3, 0.4) is 0 Å². The van der Waals surface area contributed by atoms with Crippen molar-refractivity contribution in [3.05, 3.63) is 66.3 Å². The molecule has 2 aromatic carbocycles. The van der Waals surface area contributed by atoms with Gasteiger partial charge in [-0.1, -0.05) is 6.07 Å². The smallest absolute Gasteiger partial charge is 0.321 e. The maximum atomic E-state index is 12.4. The summed E-state index contributed by atoms with van der Waals surface area (Å²) in [4.78, 5) is 20.5. The van der Waals surface area contributed by atoms with Gasteiger partial charge in [-0.25, -0.2) is 19.3 Å². The van der Waals surface area contributed by atoms with E-state index in [1.54, 1.807) is 28.1 Å². The normalized spacial score (nSPS) is 14.8. The van der Waals surface area contributed by atoms with Crippen LogP contribution < -0.4 is 4.74 Å². The zero-order chi connectivity index (χ0) is 20.2. The summed E-state index contributed by atoms with van der Waals surface area (Å²) in [5.74, 6) is 0.247. The fraction of sp³-hybridized carbons (Fsp3) is 0.200. The van der Waals surface area contributed by atoms with Gasteiger partial charge in [-0.05, 0) is 42.8 Å². The van der Waals surface area contributed by atoms with E-state index < -0.39 is 11.6 Å². The molecule has 2 aromatic heterocycles. The van der Waals surface area contributed by atoms with Gasteiger partial charge in [0, 0.05) is 11.1 Å². The molecule has 0 amide bonds. The van der Waals surface area contributed by atoms with Gasteiger partial charge in [0.1, 0.15) is 31.1 Å². The molecule has 0 radical (unpaired) electrons. The fourth-order valence-electron chi connectivity index (χ4n) is 3.83. The van der Waals surface area contributed by atoms with Crippen LogP contribution in [0.25, 0.3) is 10.8 Å². The number of rotatable bonds is 3. The first kappa shape index (κ1) is 17.1. The van der Waals surface area contributed by atoms with Crippen molar-refractivity contribution in [3.63, 3.8) is 0 Å². The molecule has 142 valence electrons. The van der Waals surface area contributed by atoms with Crippen LogP contribution in [0.4, 0.5) is 0 Å². The molecule has 0 spiro atoms. The van der Waals surface area contributed by atoms with E-state index in [-0.39, 0.29) is 5.97 Å². The van der Waals surface area contributed by atoms with E-state index in [1.165, 1.54) is 12.7 Å². The first-order chi connectivity index (χ1) is 14.0. The molecule has 0 atom stereocenters. The molecule has 0 aliphatic carbocycles. The predicted molar refractivity (Wildman–Crippen MR) is 101 cm³/mol. The minimum atomic E-state index is -0.795. The summed E-state index contributed by atoms with van der Waals surface area (Å²) in [6, 6.07) is 9.62. The molecule has 0 N–H and O–H groups in total. The molecule has 1 aliphatic rings. The topological polar surface area (TPSA) is 112 Å². The first-order valence-corrected chi connectivity index (χ1v) is 8.92. The van der Waals surface area contributed by atoms with Crippen LogP contribution in [-0.4, -0.2) is 35.5 Å². The molecule has 3 heterocycles. The molecule has 0 saturated carbocycles. The van der Waals surface area contributed by atoms with Gasteiger partial charge in [-0.2, -0.15) is 15.5 Å². The quantitative estimate of drug-likeness (QED) is 0.392. The first-order valence-electron chi connectivity index (χ1n) is 8.92. The van der Waals surface area contributed by atoms with Crippen molar-refractivity contribution in [1.29, 1.82) is 5.26 Å². The maximum absolute atomic E-state index is 12.4. The molecular weight excluding hydrogens is 370 g/mol. The van der Waals surface area contributed by atoms with Crippen molar-refractivity contribution < 1.29 is 9.53 Å². The Labute approximate surface area is 165 Å². The monoisotopic (exact) mass is 385 g/mol. The van der Waals surface area contributed by atoms with E-state index in [1.807, 2.05) is 32.0 Å². The number of ether oxygens (including phenoxy) is 1. The summed E-state index contributed by atoms with van der Waals surface area (Å²) in [6.45, 7) is 3.68. The van der Waals surface area contributed by atoms with Gasteiger partial charge in [0.2, 0.25) is 0 Å². The molecule has 0 saturated heterocycles. The molecule has 1 aliphatic heterocycles. The lowest BCUT2D eigenvalue weighted by Crippen LogP contribution is -2.26. The molecule has 0 bridgehead atoms. The van der Waals surface area contributed by atoms with Crippen molar-refractivity contribution in [2.45, 2.75) is 25.4 Å². The van der Waals surface area contributed by atoms with Crippen LogP contribution in [0, 0.1) is 11.3 Å². The Morgan fingerprint density at radius 3 is 2.38 bits per heavy atom. The average molecular weight is 385 g/mol. The molecule has 4 aromatic rings. The molecule has 9 nitrogen and oxygen atoms in total. The Balaban J connectivity index is 1.83. The summed E-state index contributed by atoms with van der Waals surface area (Å²) in [7, 11) is 0. The van der Waals surface area contributed by atoms with E-state index in [2.05, 4.69) is 26.2 Å². The Hall–Kier alpha value is -4.06. The largest absolute Gasteiger partial charge is 0.426 e. The van der Waals surface area contributed by atoms with E-state index in [0.717, 1.165) is 16.3 Å². The van der Waals surface area contributed by atoms with E-state index in [9.17, 15) is 10.1 Å². The number of esters is 1. The number of aromatic nitrogens is 6. The molecule has 29 heavy (non-hydrogen) atoms. The summed E-state index contributed by atoms with van der Waals surface area (Å²) in [6.07, 6.45) is 5.40. The average Bonchev–Trinajstić information content (AvgIpc) is 3.45. The number of carbonyl (C=O) groups is 1. The van der Waals surface area contributed by atoms with Gasteiger partial charge in [0.15, 0.2) is 6.17 Å². The van der Waals surface area contributed by atoms with Gasteiger partial charge >= 0.3 is 5.97 Å². The Morgan fingerprint density at radius 2 is 1.79 bits per heavy atom. The highest BCUT2D eigenvalue weighted by molar-refractivity contribution is 6.00. The lowest BCUT2D eigenvalue weighted by molar-refractivity contribution is -0.137. The van der Waals surface area contributed by atoms with Crippen molar-refractivity contribution in [3.8, 4) is 11.8 Å². The van der Waals surface area contributed by atoms with Gasteiger partial charge in [0.25, 0.3) is 0 Å². The number of carbonyl (C=O) groups excluding carboxylic acids is 1. The highest BCUT2D eigenvalue weighted by Crippen LogP contribution is 2.44. The minimum Gasteiger partial charge on any atom is -0.426 e. The van der Waals surface area contributed by atoms with Crippen molar-refractivity contribution >= 4 is 16.7 Å². The standard InChI is InChI=1S/C20H15N7O2/c1-20(2)17-14-6-15(18(26-10-22-8-24-26)27-11-23-9-25-27)13(7-21)5-12(14)3-4-16(17)29-19(20)28/h3-6,8-11,18H,1-2H3. The van der Waals surface area contributed by atoms with Gasteiger partial charge in [-0.15, -0.1) is 0 Å². The Morgan fingerprint density at radius 1 is 1.10 bits per heavy atom. The lowest BCUT2D eigenvalue weighted by atomic mass is 9.82. The number of hydrogen-bond donors (Lipinski definition) is 0. The predicted octanol–water partition coefficient (Wildman–Crippen LogP) is 2.19. The Kier molecular flexibility index (Phi) is 3.51. The zero-order valence-electron chi connectivity index (χ0n) is 15.6. The van der Waals surface area contributed by atoms with Crippen molar-refractivity contribution in [2.75, 3.05) is 0 Å². The summed E-state index contributed by atoms with van der Waals surface area (Å²) in [5.41, 5.74) is 1.15. The fourth-order valence-corrected chi connectivity index (χ4v) is 3.83. The zero-order valence-corrected chi connectivity index (χ0v) is 15.6. The van der Waals surface area contributed by atoms with E-state index in [4.69, 9.17) is 4.74 Å². The van der Waals surface area contributed by atoms with Crippen molar-refractivity contribution in [1.82, 2.24) is 29.5 Å². The highest BCUT2D eigenvalue weighted by Gasteiger charge is 2.42. The molecule has 0 fully saturated rings. The molecular formula is C20H15N7O2. The van der Waals surface area contributed by atoms with Crippen LogP contribution in [0.2, 0.25) is 0 Å². The van der Waals surface area contributed by atoms with Gasteiger partial charge in [-0.3, -0.25) is 4.79 Å². The number of nitriles is 1. The second-order valence-electron chi connectivity index (χ2n) is 7.35. The maximum Gasteiger partial charge on any atom is 0.321 e. The summed E-state index contributed by atoms with van der Waals surface area (Å²) >= 11 is 0. The van der Waals surface area contributed by atoms with Crippen LogP contribution >= 0.6 is 0 Å². The molecule has 5 rings (SSSR count). The number of benzene rings is 2. The summed E-state index contributed by atoms with van der Waals surface area (Å²) in [5, 5.41) is 20.0. The van der Waals surface area contributed by atoms with Crippen molar-refractivity contribution in [2.24, 2.45) is 0 Å². The van der Waals surface area contributed by atoms with E-state index in [0.29, 0.717) is 16.9 Å². The van der Waals surface area contributed by atoms with Gasteiger partial charge < -0.3 is 4.74 Å².